The number of hydrogen-bond donors (Lipinski definition) is 3. The number of rotatable bonds is 3. The van der Waals surface area contributed by atoms with E-state index >= 15 is 0 Å². The number of imide groups is 1. The Hall–Kier alpha value is -4.50. The largest absolute Gasteiger partial charge is 0.508 e. The fourth-order valence-electron chi connectivity index (χ4n) is 6.56. The number of aromatic hydroxyl groups is 2. The molecule has 9 nitrogen and oxygen atoms in total. The molecule has 4 atom stereocenters. The molecule has 1 heterocycles. The summed E-state index contributed by atoms with van der Waals surface area (Å²) in [6.45, 7) is 1.57. The van der Waals surface area contributed by atoms with Crippen molar-refractivity contribution in [3.63, 3.8) is 0 Å². The first-order valence-corrected chi connectivity index (χ1v) is 13.0. The lowest BCUT2D eigenvalue weighted by molar-refractivity contribution is -0.123. The zero-order valence-corrected chi connectivity index (χ0v) is 21.8. The van der Waals surface area contributed by atoms with Gasteiger partial charge in [-0.15, -0.1) is 0 Å². The lowest BCUT2D eigenvalue weighted by atomic mass is 9.59. The molecule has 1 aliphatic heterocycles. The number of amides is 2. The number of fused-ring (bicyclic) bond motifs is 3. The van der Waals surface area contributed by atoms with Crippen molar-refractivity contribution in [2.24, 2.45) is 17.8 Å². The number of carbonyl (C=O) groups is 5. The standard InChI is InChI=1S/C30H22ClNO8/c1-12-8-22(34)20-11-19-15(24(26(20)27(12)36)16-5-3-14(33)10-21(16)31)6-7-18-25(19)29(38)32(28(18)37)13-2-4-17(30(39)40)23(35)9-13/h2-6,8-10,18-19,24-25,33,35H,7,11H2,1H3,(H,39,40)/t18-,19+,24+,25-/m0/s1. The number of allylic oxidation sites excluding steroid dienone is 6. The highest BCUT2D eigenvalue weighted by Crippen LogP contribution is 2.56. The third-order valence-corrected chi connectivity index (χ3v) is 8.66. The van der Waals surface area contributed by atoms with E-state index in [1.807, 2.05) is 6.08 Å². The maximum absolute atomic E-state index is 13.9. The van der Waals surface area contributed by atoms with E-state index in [0.717, 1.165) is 17.0 Å². The molecule has 202 valence electrons. The van der Waals surface area contributed by atoms with Gasteiger partial charge in [-0.25, -0.2) is 9.69 Å². The molecule has 0 spiro atoms. The van der Waals surface area contributed by atoms with Crippen LogP contribution in [0.25, 0.3) is 0 Å². The molecule has 2 aromatic carbocycles. The van der Waals surface area contributed by atoms with Crippen LogP contribution < -0.4 is 4.90 Å². The number of Topliss-reactive ketones (excluding diaryl/α,β-unsaturated/α-hetero) is 1. The zero-order valence-electron chi connectivity index (χ0n) is 21.1. The highest BCUT2D eigenvalue weighted by Gasteiger charge is 2.56. The fourth-order valence-corrected chi connectivity index (χ4v) is 6.85. The van der Waals surface area contributed by atoms with Gasteiger partial charge in [-0.1, -0.05) is 29.3 Å². The Labute approximate surface area is 232 Å². The summed E-state index contributed by atoms with van der Waals surface area (Å²) in [4.78, 5) is 66.3. The Morgan fingerprint density at radius 3 is 2.42 bits per heavy atom. The van der Waals surface area contributed by atoms with E-state index in [9.17, 15) is 39.3 Å². The van der Waals surface area contributed by atoms with E-state index < -0.39 is 47.2 Å². The van der Waals surface area contributed by atoms with Crippen molar-refractivity contribution in [2.75, 3.05) is 4.90 Å². The molecular formula is C30H22ClNO8. The third-order valence-electron chi connectivity index (χ3n) is 8.33. The SMILES string of the molecule is CC1=CC(=O)C2=C(C1=O)[C@@H](c1ccc(O)cc1Cl)C1=CC[C@@H]3C(=O)N(c4ccc(C(=O)O)c(O)c4)C(=O)[C@@H]3[C@@H]1C2. The second kappa shape index (κ2) is 9.02. The van der Waals surface area contributed by atoms with Gasteiger partial charge in [0.05, 0.1) is 17.5 Å². The molecule has 2 amide bonds. The summed E-state index contributed by atoms with van der Waals surface area (Å²) >= 11 is 6.55. The van der Waals surface area contributed by atoms with Crippen molar-refractivity contribution >= 4 is 46.6 Å². The summed E-state index contributed by atoms with van der Waals surface area (Å²) in [5, 5.41) is 29.6. The predicted octanol–water partition coefficient (Wildman–Crippen LogP) is 4.08. The number of nitrogens with zero attached hydrogens (tertiary/aromatic N) is 1. The maximum atomic E-state index is 13.9. The Bertz CT molecular complexity index is 1680. The van der Waals surface area contributed by atoms with Crippen LogP contribution in [-0.4, -0.2) is 44.7 Å². The maximum Gasteiger partial charge on any atom is 0.339 e. The minimum Gasteiger partial charge on any atom is -0.508 e. The number of aromatic carboxylic acids is 1. The fraction of sp³-hybridized carbons (Fsp3) is 0.233. The lowest BCUT2D eigenvalue weighted by Crippen LogP contribution is -2.40. The molecule has 1 fully saturated rings. The number of phenols is 2. The van der Waals surface area contributed by atoms with E-state index in [1.165, 1.54) is 24.3 Å². The normalized spacial score (nSPS) is 25.8. The first-order valence-electron chi connectivity index (χ1n) is 12.6. The molecule has 0 saturated carbocycles. The smallest absolute Gasteiger partial charge is 0.339 e. The third kappa shape index (κ3) is 3.65. The van der Waals surface area contributed by atoms with Crippen LogP contribution >= 0.6 is 11.6 Å². The van der Waals surface area contributed by atoms with Crippen LogP contribution in [0.2, 0.25) is 5.02 Å². The van der Waals surface area contributed by atoms with Crippen LogP contribution in [-0.2, 0) is 19.2 Å². The van der Waals surface area contributed by atoms with Crippen molar-refractivity contribution < 1.29 is 39.3 Å². The summed E-state index contributed by atoms with van der Waals surface area (Å²) in [6, 6.07) is 7.87. The molecule has 0 unspecified atom stereocenters. The van der Waals surface area contributed by atoms with Crippen molar-refractivity contribution in [2.45, 2.75) is 25.7 Å². The van der Waals surface area contributed by atoms with E-state index in [2.05, 4.69) is 0 Å². The van der Waals surface area contributed by atoms with Crippen LogP contribution in [0.1, 0.15) is 41.6 Å². The van der Waals surface area contributed by atoms with Crippen LogP contribution in [0, 0.1) is 17.8 Å². The van der Waals surface area contributed by atoms with Gasteiger partial charge in [0.15, 0.2) is 11.6 Å². The number of anilines is 1. The van der Waals surface area contributed by atoms with Gasteiger partial charge in [0.2, 0.25) is 11.8 Å². The molecule has 40 heavy (non-hydrogen) atoms. The van der Waals surface area contributed by atoms with Gasteiger partial charge in [-0.2, -0.15) is 0 Å². The van der Waals surface area contributed by atoms with Gasteiger partial charge >= 0.3 is 5.97 Å². The zero-order chi connectivity index (χ0) is 28.6. The summed E-state index contributed by atoms with van der Waals surface area (Å²) in [7, 11) is 0. The van der Waals surface area contributed by atoms with Gasteiger partial charge in [-0.3, -0.25) is 19.2 Å². The average Bonchev–Trinajstić information content (AvgIpc) is 3.16. The van der Waals surface area contributed by atoms with E-state index in [0.29, 0.717) is 22.3 Å². The number of halogens is 1. The molecule has 6 rings (SSSR count). The molecule has 4 aliphatic rings. The topological polar surface area (TPSA) is 149 Å². The lowest BCUT2D eigenvalue weighted by Gasteiger charge is -2.42. The molecule has 2 aromatic rings. The van der Waals surface area contributed by atoms with Crippen LogP contribution in [0.4, 0.5) is 5.69 Å². The van der Waals surface area contributed by atoms with Gasteiger partial charge in [-0.05, 0) is 61.6 Å². The second-order valence-electron chi connectivity index (χ2n) is 10.5. The number of carboxylic acid groups (broad SMARTS) is 1. The van der Waals surface area contributed by atoms with E-state index in [4.69, 9.17) is 11.6 Å². The number of hydrogen-bond acceptors (Lipinski definition) is 7. The molecule has 1 saturated heterocycles. The molecule has 10 heteroatoms. The monoisotopic (exact) mass is 559 g/mol. The van der Waals surface area contributed by atoms with Crippen molar-refractivity contribution in [3.05, 3.63) is 87.0 Å². The van der Waals surface area contributed by atoms with Crippen molar-refractivity contribution in [3.8, 4) is 11.5 Å². The van der Waals surface area contributed by atoms with E-state index in [1.54, 1.807) is 13.0 Å². The number of benzene rings is 2. The first kappa shape index (κ1) is 25.8. The minimum absolute atomic E-state index is 0.0461. The number of ketones is 2. The summed E-state index contributed by atoms with van der Waals surface area (Å²) in [5.41, 5.74) is 1.74. The summed E-state index contributed by atoms with van der Waals surface area (Å²) in [5.74, 6) is -6.60. The van der Waals surface area contributed by atoms with Gasteiger partial charge in [0.25, 0.3) is 0 Å². The van der Waals surface area contributed by atoms with Gasteiger partial charge < -0.3 is 15.3 Å². The minimum atomic E-state index is -1.35. The molecule has 0 bridgehead atoms. The van der Waals surface area contributed by atoms with E-state index in [-0.39, 0.29) is 52.0 Å². The van der Waals surface area contributed by atoms with Crippen LogP contribution in [0.3, 0.4) is 0 Å². The molecule has 3 N–H and O–H groups in total. The number of phenolic OH excluding ortho intramolecular Hbond substituents is 1. The number of carbonyl (C=O) groups excluding carboxylic acids is 4. The van der Waals surface area contributed by atoms with Crippen molar-refractivity contribution in [1.82, 2.24) is 0 Å². The van der Waals surface area contributed by atoms with Gasteiger partial charge in [0, 0.05) is 33.7 Å². The first-order chi connectivity index (χ1) is 19.0. The quantitative estimate of drug-likeness (QED) is 0.289. The Morgan fingerprint density at radius 2 is 1.75 bits per heavy atom. The van der Waals surface area contributed by atoms with Crippen LogP contribution in [0.5, 0.6) is 11.5 Å². The highest BCUT2D eigenvalue weighted by molar-refractivity contribution is 6.32. The Kier molecular flexibility index (Phi) is 5.81. The highest BCUT2D eigenvalue weighted by atomic mass is 35.5. The van der Waals surface area contributed by atoms with Gasteiger partial charge in [0.1, 0.15) is 17.1 Å². The molecule has 0 radical (unpaired) electrons. The van der Waals surface area contributed by atoms with Crippen LogP contribution in [0.15, 0.2) is 70.8 Å². The molecular weight excluding hydrogens is 538 g/mol. The Balaban J connectivity index is 1.47. The Morgan fingerprint density at radius 1 is 1.00 bits per heavy atom. The predicted molar refractivity (Wildman–Crippen MR) is 142 cm³/mol. The summed E-state index contributed by atoms with van der Waals surface area (Å²) < 4.78 is 0. The summed E-state index contributed by atoms with van der Waals surface area (Å²) in [6.07, 6.45) is 3.41. The van der Waals surface area contributed by atoms with Crippen molar-refractivity contribution in [1.29, 1.82) is 0 Å². The second-order valence-corrected chi connectivity index (χ2v) is 10.9. The average molecular weight is 560 g/mol. The molecule has 0 aromatic heterocycles. The number of carboxylic acids is 1. The molecule has 3 aliphatic carbocycles.